The summed E-state index contributed by atoms with van der Waals surface area (Å²) in [6, 6.07) is 66.9. The van der Waals surface area contributed by atoms with E-state index in [0.29, 0.717) is 0 Å². The van der Waals surface area contributed by atoms with Crippen LogP contribution in [0.1, 0.15) is 107 Å². The number of imidazole rings is 1. The molecule has 0 fully saturated rings. The number of para-hydroxylation sites is 1. The summed E-state index contributed by atoms with van der Waals surface area (Å²) in [4.78, 5) is 15.3. The normalized spacial score (nSPS) is 15.6. The first-order chi connectivity index (χ1) is 33.1. The second kappa shape index (κ2) is 16.9. The molecule has 1 aliphatic rings. The Morgan fingerprint density at radius 3 is 1.75 bits per heavy atom. The highest BCUT2D eigenvalue weighted by Crippen LogP contribution is 2.50. The monoisotopic (exact) mass is 916 g/mol. The molecule has 0 radical (unpaired) electrons. The van der Waals surface area contributed by atoms with Gasteiger partial charge in [0.25, 0.3) is 0 Å². The minimum Gasteiger partial charge on any atom is -0.354 e. The molecule has 4 nitrogen and oxygen atoms in total. The van der Waals surface area contributed by atoms with Gasteiger partial charge in [0.05, 0.1) is 38.6 Å². The zero-order chi connectivity index (χ0) is 47.8. The van der Waals surface area contributed by atoms with Crippen molar-refractivity contribution in [2.75, 3.05) is 0 Å². The summed E-state index contributed by atoms with van der Waals surface area (Å²) in [5, 5.41) is 3.68. The molecule has 0 amide bonds. The molecule has 1 aliphatic heterocycles. The zero-order valence-corrected chi connectivity index (χ0v) is 42.0. The first kappa shape index (κ1) is 44.5. The van der Waals surface area contributed by atoms with Gasteiger partial charge in [0, 0.05) is 38.5 Å². The Kier molecular flexibility index (Phi) is 10.9. The van der Waals surface area contributed by atoms with Gasteiger partial charge in [-0.25, -0.2) is 4.98 Å². The molecule has 1 N–H and O–H groups in total. The van der Waals surface area contributed by atoms with Crippen LogP contribution in [0.25, 0.3) is 72.2 Å². The number of aliphatic imine (C=N–C) groups is 1. The topological polar surface area (TPSA) is 46.0 Å². The van der Waals surface area contributed by atoms with Crippen molar-refractivity contribution in [2.24, 2.45) is 4.99 Å². The van der Waals surface area contributed by atoms with E-state index in [1.807, 2.05) is 11.8 Å². The Labute approximate surface area is 411 Å². The third kappa shape index (κ3) is 8.21. The molecule has 2 aromatic heterocycles. The number of hydrogen-bond acceptors (Lipinski definition) is 3. The minimum atomic E-state index is -0.125. The Bertz CT molecular complexity index is 3580. The molecule has 11 rings (SSSR count). The fourth-order valence-corrected chi connectivity index (χ4v) is 11.4. The maximum Gasteiger partial charge on any atom is 0.147 e. The van der Waals surface area contributed by atoms with Crippen molar-refractivity contribution in [3.8, 4) is 39.3 Å². The Hall–Kier alpha value is -6.95. The Balaban J connectivity index is 1.16. The van der Waals surface area contributed by atoms with Gasteiger partial charge in [-0.3, -0.25) is 9.56 Å². The van der Waals surface area contributed by atoms with E-state index in [9.17, 15) is 0 Å². The fraction of sp³-hybridized carbons (Fsp3) is 0.219. The van der Waals surface area contributed by atoms with Crippen LogP contribution >= 0.6 is 11.8 Å². The third-order valence-electron chi connectivity index (χ3n) is 14.0. The molecule has 5 heteroatoms. The molecule has 0 unspecified atom stereocenters. The van der Waals surface area contributed by atoms with Crippen molar-refractivity contribution < 1.29 is 0 Å². The molecular weight excluding hydrogens is 857 g/mol. The zero-order valence-electron chi connectivity index (χ0n) is 41.2. The van der Waals surface area contributed by atoms with Gasteiger partial charge >= 0.3 is 0 Å². The van der Waals surface area contributed by atoms with Crippen LogP contribution in [0.2, 0.25) is 0 Å². The van der Waals surface area contributed by atoms with Crippen LogP contribution in [0.4, 0.5) is 0 Å². The summed E-state index contributed by atoms with van der Waals surface area (Å²) in [5.74, 6) is 0.903. The average Bonchev–Trinajstić information content (AvgIpc) is 4.08. The summed E-state index contributed by atoms with van der Waals surface area (Å²) < 4.78 is 2.44. The van der Waals surface area contributed by atoms with Gasteiger partial charge in [-0.15, -0.1) is 0 Å². The largest absolute Gasteiger partial charge is 0.354 e. The van der Waals surface area contributed by atoms with E-state index in [4.69, 9.17) is 9.98 Å². The van der Waals surface area contributed by atoms with Gasteiger partial charge in [-0.1, -0.05) is 208 Å². The average molecular weight is 917 g/mol. The van der Waals surface area contributed by atoms with E-state index >= 15 is 0 Å². The molecule has 10 aromatic rings. The van der Waals surface area contributed by atoms with Crippen molar-refractivity contribution in [3.05, 3.63) is 215 Å². The minimum absolute atomic E-state index is 0.00719. The number of benzene rings is 8. The lowest BCUT2D eigenvalue weighted by Crippen LogP contribution is -2.12. The van der Waals surface area contributed by atoms with Crippen LogP contribution in [-0.4, -0.2) is 19.6 Å². The number of H-pyrrole nitrogens is 1. The molecule has 0 saturated carbocycles. The quantitative estimate of drug-likeness (QED) is 0.173. The maximum atomic E-state index is 5.88. The number of nitrogens with zero attached hydrogens (tertiary/aromatic N) is 3. The number of nitrogens with one attached hydrogen (secondary N) is 1. The van der Waals surface area contributed by atoms with Crippen LogP contribution in [0.5, 0.6) is 0 Å². The van der Waals surface area contributed by atoms with Gasteiger partial charge in [-0.05, 0) is 104 Å². The highest BCUT2D eigenvalue weighted by molar-refractivity contribution is 8.14. The van der Waals surface area contributed by atoms with E-state index in [2.05, 4.69) is 254 Å². The van der Waals surface area contributed by atoms with Crippen LogP contribution in [0.15, 0.2) is 187 Å². The van der Waals surface area contributed by atoms with Crippen molar-refractivity contribution in [2.45, 2.75) is 89.9 Å². The number of thioether (sulfide) groups is 1. The summed E-state index contributed by atoms with van der Waals surface area (Å²) in [5.41, 5.74) is 18.3. The SMILES string of the molecule is CC(C)(C)c1ccc(-n2c(-c3cc(C(C)(C)C)cc4c3[nH]c3ccc(C(C)(C)C)cc34)nc3c(-c4cccc(C5=N[C@@H](c6ccccc6)[C@@H](c6ccccc6)S5)c4)cccc32)c(-c2ccccc2)c1. The van der Waals surface area contributed by atoms with Crippen molar-refractivity contribution in [1.82, 2.24) is 14.5 Å². The van der Waals surface area contributed by atoms with Crippen molar-refractivity contribution in [1.29, 1.82) is 0 Å². The summed E-state index contributed by atoms with van der Waals surface area (Å²) >= 11 is 1.87. The molecule has 0 spiro atoms. The molecule has 342 valence electrons. The molecule has 69 heavy (non-hydrogen) atoms. The predicted octanol–water partition coefficient (Wildman–Crippen LogP) is 17.5. The van der Waals surface area contributed by atoms with E-state index in [0.717, 1.165) is 60.9 Å². The van der Waals surface area contributed by atoms with E-state index in [-0.39, 0.29) is 27.5 Å². The van der Waals surface area contributed by atoms with Gasteiger partial charge in [0.1, 0.15) is 5.82 Å². The Morgan fingerprint density at radius 1 is 0.478 bits per heavy atom. The van der Waals surface area contributed by atoms with Crippen LogP contribution in [0.3, 0.4) is 0 Å². The summed E-state index contributed by atoms with van der Waals surface area (Å²) in [6.07, 6.45) is 0. The smallest absolute Gasteiger partial charge is 0.147 e. The molecule has 2 atom stereocenters. The Morgan fingerprint density at radius 2 is 1.06 bits per heavy atom. The second-order valence-electron chi connectivity index (χ2n) is 21.9. The van der Waals surface area contributed by atoms with E-state index in [1.165, 1.54) is 49.7 Å². The van der Waals surface area contributed by atoms with E-state index in [1.54, 1.807) is 0 Å². The first-order valence-corrected chi connectivity index (χ1v) is 25.3. The summed E-state index contributed by atoms with van der Waals surface area (Å²) in [7, 11) is 0. The molecule has 8 aromatic carbocycles. The number of aromatic amines is 1. The van der Waals surface area contributed by atoms with Crippen LogP contribution in [-0.2, 0) is 16.2 Å². The van der Waals surface area contributed by atoms with E-state index < -0.39 is 0 Å². The molecule has 3 heterocycles. The van der Waals surface area contributed by atoms with Gasteiger partial charge < -0.3 is 4.98 Å². The van der Waals surface area contributed by atoms with Gasteiger partial charge in [-0.2, -0.15) is 0 Å². The fourth-order valence-electron chi connectivity index (χ4n) is 10.0. The van der Waals surface area contributed by atoms with Crippen LogP contribution < -0.4 is 0 Å². The highest BCUT2D eigenvalue weighted by Gasteiger charge is 2.34. The van der Waals surface area contributed by atoms with Crippen molar-refractivity contribution in [3.63, 3.8) is 0 Å². The molecular formula is C64H60N4S. The predicted molar refractivity (Wildman–Crippen MR) is 295 cm³/mol. The van der Waals surface area contributed by atoms with Crippen molar-refractivity contribution >= 4 is 49.6 Å². The first-order valence-electron chi connectivity index (χ1n) is 24.4. The van der Waals surface area contributed by atoms with Crippen LogP contribution in [0, 0.1) is 0 Å². The standard InChI is InChI=1S/C64H60N4S/c1-62(2,3)45-31-33-53-50(37-45)51-38-47(64(7,8)9)39-52(57(51)65-53)60-66-58-48(29-20-30-55(58)68(60)54-34-32-46(63(4,5)6)36-49(54)40-21-13-10-14-22-40)43-27-19-28-44(35-43)61-67-56(41-23-15-11-16-24-41)59(69-61)42-25-17-12-18-26-42/h10-39,56,59,65H,1-9H3/t56-,59+/m0/s1. The van der Waals surface area contributed by atoms with Gasteiger partial charge in [0.15, 0.2) is 0 Å². The second-order valence-corrected chi connectivity index (χ2v) is 23.1. The lowest BCUT2D eigenvalue weighted by molar-refractivity contribution is 0.590. The number of aromatic nitrogens is 3. The third-order valence-corrected chi connectivity index (χ3v) is 15.4. The molecule has 0 aliphatic carbocycles. The summed E-state index contributed by atoms with van der Waals surface area (Å²) in [6.45, 7) is 20.7. The van der Waals surface area contributed by atoms with Gasteiger partial charge in [0.2, 0.25) is 0 Å². The molecule has 0 saturated heterocycles. The number of hydrogen-bond donors (Lipinski definition) is 1. The number of fused-ring (bicyclic) bond motifs is 4. The molecule has 0 bridgehead atoms. The highest BCUT2D eigenvalue weighted by atomic mass is 32.2. The lowest BCUT2D eigenvalue weighted by Gasteiger charge is -2.23. The lowest BCUT2D eigenvalue weighted by atomic mass is 9.84. The maximum absolute atomic E-state index is 5.88. The number of rotatable bonds is 7.